The van der Waals surface area contributed by atoms with Crippen LogP contribution < -0.4 is 37.1 Å². The first-order chi connectivity index (χ1) is 40.2. The van der Waals surface area contributed by atoms with Crippen molar-refractivity contribution in [1.29, 1.82) is 0 Å². The molecule has 16 atom stereocenters. The number of aliphatic hydroxyl groups excluding tert-OH is 8. The second-order valence-electron chi connectivity index (χ2n) is 22.9. The Balaban J connectivity index is 1.58. The smallest absolute Gasteiger partial charge is 0.248 e. The zero-order valence-corrected chi connectivity index (χ0v) is 48.6. The zero-order chi connectivity index (χ0) is 62.8. The molecular formula is C58H88N8O19. The highest BCUT2D eigenvalue weighted by molar-refractivity contribution is 5.98. The molecule has 27 heteroatoms. The number of hydrogen-bond donors (Lipinski definition) is 16. The van der Waals surface area contributed by atoms with E-state index in [-0.39, 0.29) is 47.6 Å². The lowest BCUT2D eigenvalue weighted by Crippen LogP contribution is -2.64. The third kappa shape index (κ3) is 19.7. The number of amides is 8. The molecule has 3 saturated heterocycles. The average Bonchev–Trinajstić information content (AvgIpc) is 2.65. The van der Waals surface area contributed by atoms with E-state index < -0.39 is 171 Å². The molecule has 0 bridgehead atoms. The number of fused-ring (bicyclic) bond motifs is 2. The fraction of sp³-hybridized carbons (Fsp3) is 0.655. The SMILES string of the molecule is CCC(C)CC(C)CCCCCCCCC(=O)N[C@@H]1C[C@H](O)[C@@H](Oc2ccc(O)cc2CCO)NC(=O)[C@@H]2[C@@H](O)CCN2C(=O)[C@H]([C@H](O)CC(N)=O)NC(=O)[C@H]([C@H](O)[C@@H](O)c2ccc(O)cc2)NC(=O)[C@@H]2C[C@@H](O)CN2C(=O)[C@H]([C@@H](C)O)NC1=O. The minimum Gasteiger partial charge on any atom is -0.508 e. The monoisotopic (exact) mass is 1200 g/mol. The van der Waals surface area contributed by atoms with Crippen LogP contribution in [0.2, 0.25) is 0 Å². The quantitative estimate of drug-likeness (QED) is 0.0505. The molecule has 5 rings (SSSR count). The molecule has 27 nitrogen and oxygen atoms in total. The molecule has 85 heavy (non-hydrogen) atoms. The number of nitrogens with one attached hydrogen (secondary N) is 5. The van der Waals surface area contributed by atoms with E-state index in [1.807, 2.05) is 0 Å². The van der Waals surface area contributed by atoms with E-state index in [0.29, 0.717) is 29.6 Å². The van der Waals surface area contributed by atoms with Crippen molar-refractivity contribution in [3.05, 3.63) is 53.6 Å². The molecule has 3 fully saturated rings. The molecular weight excluding hydrogens is 1110 g/mol. The Bertz CT molecular complexity index is 2580. The number of phenolic OH excluding ortho intramolecular Hbond substituents is 2. The third-order valence-electron chi connectivity index (χ3n) is 16.0. The molecule has 8 amide bonds. The maximum atomic E-state index is 14.8. The van der Waals surface area contributed by atoms with E-state index >= 15 is 0 Å². The Labute approximate surface area is 493 Å². The second-order valence-corrected chi connectivity index (χ2v) is 22.9. The lowest BCUT2D eigenvalue weighted by Gasteiger charge is -2.35. The average molecular weight is 1200 g/mol. The summed E-state index contributed by atoms with van der Waals surface area (Å²) in [6.07, 6.45) is -10.6. The normalized spacial score (nSPS) is 26.9. The van der Waals surface area contributed by atoms with Crippen molar-refractivity contribution in [2.75, 3.05) is 19.7 Å². The van der Waals surface area contributed by atoms with Crippen molar-refractivity contribution in [3.63, 3.8) is 0 Å². The van der Waals surface area contributed by atoms with Gasteiger partial charge in [-0.3, -0.25) is 38.4 Å². The predicted octanol–water partition coefficient (Wildman–Crippen LogP) is -2.01. The van der Waals surface area contributed by atoms with Crippen LogP contribution in [0, 0.1) is 11.8 Å². The first-order valence-corrected chi connectivity index (χ1v) is 29.3. The number of carbonyl (C=O) groups is 8. The van der Waals surface area contributed by atoms with Gasteiger partial charge in [-0.2, -0.15) is 0 Å². The van der Waals surface area contributed by atoms with E-state index in [4.69, 9.17) is 10.5 Å². The van der Waals surface area contributed by atoms with Gasteiger partial charge in [0.2, 0.25) is 47.3 Å². The number of aliphatic hydroxyl groups is 8. The molecule has 2 aromatic rings. The van der Waals surface area contributed by atoms with Gasteiger partial charge in [-0.1, -0.05) is 77.8 Å². The third-order valence-corrected chi connectivity index (χ3v) is 16.0. The molecule has 2 unspecified atom stereocenters. The highest BCUT2D eigenvalue weighted by Gasteiger charge is 2.49. The summed E-state index contributed by atoms with van der Waals surface area (Å²) >= 11 is 0. The lowest BCUT2D eigenvalue weighted by molar-refractivity contribution is -0.149. The first kappa shape index (κ1) is 69.1. The molecule has 3 aliphatic rings. The Hall–Kier alpha value is -6.72. The molecule has 0 aliphatic carbocycles. The van der Waals surface area contributed by atoms with Gasteiger partial charge < -0.3 is 97.9 Å². The summed E-state index contributed by atoms with van der Waals surface area (Å²) < 4.78 is 6.17. The van der Waals surface area contributed by atoms with Crippen molar-refractivity contribution in [3.8, 4) is 17.2 Å². The predicted molar refractivity (Wildman–Crippen MR) is 303 cm³/mol. The fourth-order valence-electron chi connectivity index (χ4n) is 11.0. The first-order valence-electron chi connectivity index (χ1n) is 29.3. The van der Waals surface area contributed by atoms with Crippen LogP contribution in [0.4, 0.5) is 0 Å². The van der Waals surface area contributed by atoms with Gasteiger partial charge in [-0.15, -0.1) is 0 Å². The van der Waals surface area contributed by atoms with Crippen molar-refractivity contribution in [2.24, 2.45) is 17.6 Å². The van der Waals surface area contributed by atoms with Gasteiger partial charge in [-0.25, -0.2) is 0 Å². The molecule has 0 radical (unpaired) electrons. The summed E-state index contributed by atoms with van der Waals surface area (Å²) in [5, 5.41) is 122. The van der Waals surface area contributed by atoms with Crippen LogP contribution in [0.3, 0.4) is 0 Å². The maximum absolute atomic E-state index is 14.8. The summed E-state index contributed by atoms with van der Waals surface area (Å²) in [4.78, 5) is 116. The van der Waals surface area contributed by atoms with E-state index in [0.717, 1.165) is 74.6 Å². The molecule has 17 N–H and O–H groups in total. The maximum Gasteiger partial charge on any atom is 0.248 e. The van der Waals surface area contributed by atoms with Crippen molar-refractivity contribution in [2.45, 2.75) is 209 Å². The van der Waals surface area contributed by atoms with E-state index in [1.54, 1.807) is 0 Å². The Kier molecular flexibility index (Phi) is 26.6. The molecule has 3 heterocycles. The Morgan fingerprint density at radius 1 is 0.729 bits per heavy atom. The minimum atomic E-state index is -2.39. The van der Waals surface area contributed by atoms with Gasteiger partial charge in [-0.05, 0) is 80.3 Å². The van der Waals surface area contributed by atoms with Crippen LogP contribution in [0.5, 0.6) is 17.2 Å². The van der Waals surface area contributed by atoms with Gasteiger partial charge in [0.05, 0.1) is 30.8 Å². The molecule has 0 saturated carbocycles. The number of benzene rings is 2. The number of phenols is 2. The molecule has 0 spiro atoms. The lowest BCUT2D eigenvalue weighted by atomic mass is 9.91. The van der Waals surface area contributed by atoms with Gasteiger partial charge in [0.25, 0.3) is 0 Å². The van der Waals surface area contributed by atoms with Crippen LogP contribution >= 0.6 is 0 Å². The van der Waals surface area contributed by atoms with Crippen LogP contribution in [0.25, 0.3) is 0 Å². The number of primary amides is 1. The Morgan fingerprint density at radius 3 is 2.00 bits per heavy atom. The second kappa shape index (κ2) is 32.7. The number of aromatic hydroxyl groups is 2. The van der Waals surface area contributed by atoms with Gasteiger partial charge in [0.15, 0.2) is 6.23 Å². The summed E-state index contributed by atoms with van der Waals surface area (Å²) in [5.41, 5.74) is 5.42. The van der Waals surface area contributed by atoms with Crippen LogP contribution in [-0.2, 0) is 44.8 Å². The summed E-state index contributed by atoms with van der Waals surface area (Å²) in [6, 6.07) is -4.04. The van der Waals surface area contributed by atoms with Gasteiger partial charge >= 0.3 is 0 Å². The van der Waals surface area contributed by atoms with Gasteiger partial charge in [0, 0.05) is 44.5 Å². The van der Waals surface area contributed by atoms with Crippen LogP contribution in [0.1, 0.15) is 135 Å². The molecule has 474 valence electrons. The molecule has 3 aliphatic heterocycles. The Morgan fingerprint density at radius 2 is 1.35 bits per heavy atom. The summed E-state index contributed by atoms with van der Waals surface area (Å²) in [6.45, 7) is 6.21. The fourth-order valence-corrected chi connectivity index (χ4v) is 11.0. The van der Waals surface area contributed by atoms with Crippen molar-refractivity contribution >= 4 is 47.3 Å². The van der Waals surface area contributed by atoms with E-state index in [1.165, 1.54) is 24.6 Å². The number of nitrogens with two attached hydrogens (primary N) is 1. The zero-order valence-electron chi connectivity index (χ0n) is 48.6. The largest absolute Gasteiger partial charge is 0.508 e. The topological polar surface area (TPSA) is 441 Å². The van der Waals surface area contributed by atoms with E-state index in [2.05, 4.69) is 47.4 Å². The van der Waals surface area contributed by atoms with Crippen LogP contribution in [0.15, 0.2) is 42.5 Å². The van der Waals surface area contributed by atoms with Gasteiger partial charge in [0.1, 0.15) is 71.8 Å². The standard InChI is InChI=1S/C58H88N8O19/c1-5-30(2)24-31(3)12-10-8-6-7-9-11-13-45(76)60-38-27-42(74)56(85-43-19-18-36(70)25-34(43)21-23-67)64-55(82)49-40(72)20-22-65(49)58(84)47(41(73)28-44(59)75)62-54(81)48(51(78)50(77)33-14-16-35(69)17-15-33)63-53(80)39-26-37(71)29-66(39)57(83)46(32(4)68)61-52(38)79/h14-19,25,30-32,37-42,46-51,56,67-74,77-78H,5-13,20-24,26-29H2,1-4H3,(H2,59,75)(H,60,76)(H,61,79)(H,62,81)(H,63,80)(H,64,82)/t30?,31?,32-,37-,38-,39+,40+,41-,42+,46+,47+,48+,49+,50+,51+,56-/m1/s1. The van der Waals surface area contributed by atoms with Crippen molar-refractivity contribution < 1.29 is 94.2 Å². The number of nitrogens with zero attached hydrogens (tertiary/aromatic N) is 2. The number of ether oxygens (including phenoxy) is 1. The highest BCUT2D eigenvalue weighted by Crippen LogP contribution is 2.29. The number of hydrogen-bond acceptors (Lipinski definition) is 19. The minimum absolute atomic E-state index is 0.112. The van der Waals surface area contributed by atoms with Crippen molar-refractivity contribution in [1.82, 2.24) is 36.4 Å². The number of unbranched alkanes of at least 4 members (excludes halogenated alkanes) is 5. The summed E-state index contributed by atoms with van der Waals surface area (Å²) in [5.74, 6) is -9.14. The number of carbonyl (C=O) groups excluding carboxylic acids is 8. The summed E-state index contributed by atoms with van der Waals surface area (Å²) in [7, 11) is 0. The van der Waals surface area contributed by atoms with Crippen LogP contribution in [-0.4, -0.2) is 207 Å². The highest BCUT2D eigenvalue weighted by atomic mass is 16.5. The van der Waals surface area contributed by atoms with E-state index in [9.17, 15) is 89.4 Å². The molecule has 2 aromatic carbocycles. The number of rotatable bonds is 24. The molecule has 0 aromatic heterocycles.